The van der Waals surface area contributed by atoms with Gasteiger partial charge in [-0.3, -0.25) is 14.5 Å². The first kappa shape index (κ1) is 24.6. The number of fused-ring (bicyclic) bond motifs is 1. The summed E-state index contributed by atoms with van der Waals surface area (Å²) in [5, 5.41) is 3.37. The molecular formula is C26H27FN4O3S. The van der Waals surface area contributed by atoms with Crippen molar-refractivity contribution in [2.45, 2.75) is 27.3 Å². The number of amides is 1. The highest BCUT2D eigenvalue weighted by Gasteiger charge is 2.20. The van der Waals surface area contributed by atoms with Crippen LogP contribution in [0.3, 0.4) is 0 Å². The second-order valence-corrected chi connectivity index (χ2v) is 9.54. The third-order valence-electron chi connectivity index (χ3n) is 5.67. The number of likely N-dealkylation sites (N-methyl/N-ethyl adjacent to an activating group) is 1. The van der Waals surface area contributed by atoms with Crippen LogP contribution in [0.2, 0.25) is 0 Å². The number of carbonyl (C=O) groups excluding carboxylic acids is 1. The van der Waals surface area contributed by atoms with Crippen molar-refractivity contribution < 1.29 is 13.9 Å². The van der Waals surface area contributed by atoms with Crippen molar-refractivity contribution in [3.8, 4) is 5.75 Å². The van der Waals surface area contributed by atoms with Crippen LogP contribution in [0.4, 0.5) is 10.1 Å². The van der Waals surface area contributed by atoms with Crippen molar-refractivity contribution in [1.29, 1.82) is 0 Å². The number of nitrogens with one attached hydrogen (secondary N) is 2. The third-order valence-corrected chi connectivity index (χ3v) is 6.86. The molecule has 0 fully saturated rings. The van der Waals surface area contributed by atoms with Crippen LogP contribution in [0.1, 0.15) is 32.2 Å². The number of anilines is 1. The summed E-state index contributed by atoms with van der Waals surface area (Å²) in [6.45, 7) is 6.86. The lowest BCUT2D eigenvalue weighted by molar-refractivity contribution is 0.103. The molecule has 0 spiro atoms. The Balaban J connectivity index is 1.46. The zero-order chi connectivity index (χ0) is 25.1. The maximum atomic E-state index is 13.7. The number of para-hydroxylation sites is 1. The van der Waals surface area contributed by atoms with Crippen molar-refractivity contribution in [2.75, 3.05) is 25.5 Å². The van der Waals surface area contributed by atoms with E-state index >= 15 is 0 Å². The number of benzene rings is 2. The van der Waals surface area contributed by atoms with Crippen LogP contribution in [0.25, 0.3) is 10.2 Å². The number of carbonyl (C=O) groups is 1. The van der Waals surface area contributed by atoms with Crippen molar-refractivity contribution in [2.24, 2.45) is 0 Å². The summed E-state index contributed by atoms with van der Waals surface area (Å²) < 4.78 is 19.2. The van der Waals surface area contributed by atoms with E-state index < -0.39 is 5.82 Å². The summed E-state index contributed by atoms with van der Waals surface area (Å²) in [5.74, 6) is 0.0193. The van der Waals surface area contributed by atoms with E-state index in [9.17, 15) is 14.0 Å². The standard InChI is InChI=1S/C26H27FN4O3S/c1-15-9-10-19(16(2)13-15)28-25(33)23-17(3)22-24(32)29-21(30-26(22)35-23)14-31(4)11-12-34-20-8-6-5-7-18(20)27/h5-10,13H,11-12,14H2,1-4H3,(H,28,33)(H,29,30,32). The number of aromatic nitrogens is 2. The lowest BCUT2D eigenvalue weighted by Crippen LogP contribution is -2.26. The van der Waals surface area contributed by atoms with Gasteiger partial charge in [0.05, 0.1) is 16.8 Å². The van der Waals surface area contributed by atoms with Crippen molar-refractivity contribution >= 4 is 33.1 Å². The average Bonchev–Trinajstić information content (AvgIpc) is 3.13. The molecule has 2 N–H and O–H groups in total. The SMILES string of the molecule is Cc1ccc(NC(=O)c2sc3nc(CN(C)CCOc4ccccc4F)[nH]c(=O)c3c2C)c(C)c1. The van der Waals surface area contributed by atoms with Gasteiger partial charge >= 0.3 is 0 Å². The largest absolute Gasteiger partial charge is 0.489 e. The second kappa shape index (κ2) is 10.4. The van der Waals surface area contributed by atoms with Crippen LogP contribution in [-0.2, 0) is 6.54 Å². The summed E-state index contributed by atoms with van der Waals surface area (Å²) in [7, 11) is 1.86. The molecule has 0 unspecified atom stereocenters. The van der Waals surface area contributed by atoms with Crippen molar-refractivity contribution in [3.05, 3.63) is 86.0 Å². The van der Waals surface area contributed by atoms with Gasteiger partial charge in [-0.25, -0.2) is 9.37 Å². The second-order valence-electron chi connectivity index (χ2n) is 8.54. The van der Waals surface area contributed by atoms with Crippen molar-refractivity contribution in [3.63, 3.8) is 0 Å². The molecule has 9 heteroatoms. The summed E-state index contributed by atoms with van der Waals surface area (Å²) in [6.07, 6.45) is 0. The molecule has 0 aliphatic carbocycles. The van der Waals surface area contributed by atoms with Gasteiger partial charge in [0, 0.05) is 12.2 Å². The van der Waals surface area contributed by atoms with Crippen LogP contribution in [-0.4, -0.2) is 41.0 Å². The molecule has 2 aromatic heterocycles. The fourth-order valence-electron chi connectivity index (χ4n) is 3.82. The Bertz CT molecular complexity index is 1450. The minimum Gasteiger partial charge on any atom is -0.489 e. The van der Waals surface area contributed by atoms with Crippen LogP contribution < -0.4 is 15.6 Å². The highest BCUT2D eigenvalue weighted by Crippen LogP contribution is 2.28. The number of rotatable bonds is 8. The fraction of sp³-hybridized carbons (Fsp3) is 0.269. The van der Waals surface area contributed by atoms with Gasteiger partial charge in [-0.1, -0.05) is 29.8 Å². The first-order chi connectivity index (χ1) is 16.7. The number of hydrogen-bond acceptors (Lipinski definition) is 6. The Labute approximate surface area is 206 Å². The topological polar surface area (TPSA) is 87.3 Å². The molecule has 1 amide bonds. The third kappa shape index (κ3) is 5.58. The minimum absolute atomic E-state index is 0.203. The maximum absolute atomic E-state index is 13.7. The van der Waals surface area contributed by atoms with E-state index in [-0.39, 0.29) is 23.8 Å². The number of halogens is 1. The quantitative estimate of drug-likeness (QED) is 0.367. The lowest BCUT2D eigenvalue weighted by Gasteiger charge is -2.16. The Morgan fingerprint density at radius 3 is 2.71 bits per heavy atom. The van der Waals surface area contributed by atoms with E-state index in [0.717, 1.165) is 16.8 Å². The van der Waals surface area contributed by atoms with Crippen LogP contribution in [0.15, 0.2) is 47.3 Å². The average molecular weight is 495 g/mol. The normalized spacial score (nSPS) is 11.3. The van der Waals surface area contributed by atoms with E-state index in [1.807, 2.05) is 44.0 Å². The summed E-state index contributed by atoms with van der Waals surface area (Å²) in [4.78, 5) is 36.1. The summed E-state index contributed by atoms with van der Waals surface area (Å²) in [5.41, 5.74) is 3.15. The van der Waals surface area contributed by atoms with Crippen LogP contribution >= 0.6 is 11.3 Å². The summed E-state index contributed by atoms with van der Waals surface area (Å²) in [6, 6.07) is 12.1. The molecule has 0 atom stereocenters. The number of H-pyrrole nitrogens is 1. The fourth-order valence-corrected chi connectivity index (χ4v) is 4.92. The molecule has 0 radical (unpaired) electrons. The predicted molar refractivity (Wildman–Crippen MR) is 137 cm³/mol. The van der Waals surface area contributed by atoms with Gasteiger partial charge in [0.15, 0.2) is 11.6 Å². The lowest BCUT2D eigenvalue weighted by atomic mass is 10.1. The van der Waals surface area contributed by atoms with E-state index in [0.29, 0.717) is 39.6 Å². The van der Waals surface area contributed by atoms with Gasteiger partial charge < -0.3 is 15.0 Å². The number of hydrogen-bond donors (Lipinski definition) is 2. The van der Waals surface area contributed by atoms with Crippen molar-refractivity contribution in [1.82, 2.24) is 14.9 Å². The number of nitrogens with zero attached hydrogens (tertiary/aromatic N) is 2. The van der Waals surface area contributed by atoms with Crippen LogP contribution in [0.5, 0.6) is 5.75 Å². The molecule has 2 aromatic carbocycles. The Kier molecular flexibility index (Phi) is 7.28. The van der Waals surface area contributed by atoms with E-state index in [1.165, 1.54) is 17.4 Å². The number of ether oxygens (including phenoxy) is 1. The number of thiophene rings is 1. The highest BCUT2D eigenvalue weighted by atomic mass is 32.1. The zero-order valence-electron chi connectivity index (χ0n) is 20.1. The Morgan fingerprint density at radius 1 is 1.20 bits per heavy atom. The monoisotopic (exact) mass is 494 g/mol. The molecule has 4 aromatic rings. The molecule has 182 valence electrons. The molecule has 35 heavy (non-hydrogen) atoms. The smallest absolute Gasteiger partial charge is 0.266 e. The van der Waals surface area contributed by atoms with Gasteiger partial charge in [0.1, 0.15) is 17.3 Å². The summed E-state index contributed by atoms with van der Waals surface area (Å²) >= 11 is 1.20. The minimum atomic E-state index is -0.406. The van der Waals surface area contributed by atoms with Crippen LogP contribution in [0, 0.1) is 26.6 Å². The van der Waals surface area contributed by atoms with Gasteiger partial charge in [-0.15, -0.1) is 11.3 Å². The number of aryl methyl sites for hydroxylation is 3. The highest BCUT2D eigenvalue weighted by molar-refractivity contribution is 7.20. The maximum Gasteiger partial charge on any atom is 0.266 e. The molecule has 0 bridgehead atoms. The van der Waals surface area contributed by atoms with Gasteiger partial charge in [-0.05, 0) is 57.1 Å². The van der Waals surface area contributed by atoms with Gasteiger partial charge in [-0.2, -0.15) is 0 Å². The molecule has 0 aliphatic heterocycles. The zero-order valence-corrected chi connectivity index (χ0v) is 20.9. The molecule has 0 saturated heterocycles. The first-order valence-electron chi connectivity index (χ1n) is 11.2. The predicted octanol–water partition coefficient (Wildman–Crippen LogP) is 4.81. The molecule has 7 nitrogen and oxygen atoms in total. The Morgan fingerprint density at radius 2 is 1.97 bits per heavy atom. The van der Waals surface area contributed by atoms with E-state index in [4.69, 9.17) is 4.74 Å². The molecule has 0 saturated carbocycles. The molecule has 2 heterocycles. The Hall–Kier alpha value is -3.56. The molecule has 0 aliphatic rings. The van der Waals surface area contributed by atoms with Gasteiger partial charge in [0.2, 0.25) is 0 Å². The molecule has 4 rings (SSSR count). The first-order valence-corrected chi connectivity index (χ1v) is 12.0. The van der Waals surface area contributed by atoms with E-state index in [1.54, 1.807) is 25.1 Å². The van der Waals surface area contributed by atoms with E-state index in [2.05, 4.69) is 15.3 Å². The number of aromatic amines is 1. The van der Waals surface area contributed by atoms with Gasteiger partial charge in [0.25, 0.3) is 11.5 Å². The molecular weight excluding hydrogens is 467 g/mol.